The third kappa shape index (κ3) is 3.30. The quantitative estimate of drug-likeness (QED) is 0.837. The Hall–Kier alpha value is -1.36. The minimum atomic E-state index is -3.48. The van der Waals surface area contributed by atoms with E-state index in [0.29, 0.717) is 23.0 Å². The maximum atomic E-state index is 12.9. The molecule has 1 aliphatic rings. The molecular weight excluding hydrogens is 330 g/mol. The summed E-state index contributed by atoms with van der Waals surface area (Å²) in [7, 11) is -3.48. The molecule has 1 atom stereocenters. The van der Waals surface area contributed by atoms with Crippen molar-refractivity contribution in [2.24, 2.45) is 0 Å². The zero-order valence-electron chi connectivity index (χ0n) is 13.1. The van der Waals surface area contributed by atoms with Gasteiger partial charge in [0.2, 0.25) is 10.0 Å². The van der Waals surface area contributed by atoms with Crippen LogP contribution in [0.25, 0.3) is 0 Å². The van der Waals surface area contributed by atoms with Gasteiger partial charge in [-0.25, -0.2) is 8.42 Å². The highest BCUT2D eigenvalue weighted by atomic mass is 35.5. The lowest BCUT2D eigenvalue weighted by Crippen LogP contribution is -2.46. The zero-order valence-corrected chi connectivity index (χ0v) is 14.6. The number of piperidine rings is 1. The third-order valence-electron chi connectivity index (χ3n) is 4.58. The summed E-state index contributed by atoms with van der Waals surface area (Å²) in [5.74, 6) is 0. The van der Waals surface area contributed by atoms with E-state index in [1.165, 1.54) is 5.56 Å². The lowest BCUT2D eigenvalue weighted by molar-refractivity contribution is 0.240. The van der Waals surface area contributed by atoms with Gasteiger partial charge >= 0.3 is 0 Å². The minimum Gasteiger partial charge on any atom is -0.207 e. The molecule has 0 amide bonds. The van der Waals surface area contributed by atoms with E-state index in [2.05, 4.69) is 19.1 Å². The second-order valence-corrected chi connectivity index (χ2v) is 8.70. The van der Waals surface area contributed by atoms with Crippen LogP contribution in [-0.4, -0.2) is 25.8 Å². The van der Waals surface area contributed by atoms with Crippen molar-refractivity contribution in [1.29, 1.82) is 0 Å². The van der Waals surface area contributed by atoms with Gasteiger partial charge in [-0.05, 0) is 42.7 Å². The number of hydrogen-bond donors (Lipinski definition) is 0. The van der Waals surface area contributed by atoms with Gasteiger partial charge in [0.15, 0.2) is 0 Å². The minimum absolute atomic E-state index is 0.154. The van der Waals surface area contributed by atoms with Crippen molar-refractivity contribution >= 4 is 21.6 Å². The van der Waals surface area contributed by atoms with Crippen LogP contribution in [0.15, 0.2) is 59.5 Å². The topological polar surface area (TPSA) is 37.4 Å². The highest BCUT2D eigenvalue weighted by molar-refractivity contribution is 7.89. The Bertz CT molecular complexity index is 774. The lowest BCUT2D eigenvalue weighted by Gasteiger charge is -2.40. The first-order chi connectivity index (χ1) is 10.9. The Morgan fingerprint density at radius 3 is 2.35 bits per heavy atom. The van der Waals surface area contributed by atoms with E-state index < -0.39 is 10.0 Å². The Morgan fingerprint density at radius 2 is 1.70 bits per heavy atom. The molecule has 122 valence electrons. The van der Waals surface area contributed by atoms with Gasteiger partial charge in [-0.15, -0.1) is 0 Å². The number of nitrogens with zero attached hydrogens (tertiary/aromatic N) is 1. The molecule has 3 nitrogen and oxygen atoms in total. The van der Waals surface area contributed by atoms with Crippen LogP contribution in [0.4, 0.5) is 0 Å². The van der Waals surface area contributed by atoms with Gasteiger partial charge in [0.05, 0.1) is 4.90 Å². The van der Waals surface area contributed by atoms with Crippen LogP contribution < -0.4 is 0 Å². The summed E-state index contributed by atoms with van der Waals surface area (Å²) in [6.45, 7) is 3.21. The highest BCUT2D eigenvalue weighted by Gasteiger charge is 2.37. The van der Waals surface area contributed by atoms with E-state index in [9.17, 15) is 8.42 Å². The van der Waals surface area contributed by atoms with Gasteiger partial charge < -0.3 is 0 Å². The molecule has 0 N–H and O–H groups in total. The first kappa shape index (κ1) is 16.5. The Labute approximate surface area is 142 Å². The largest absolute Gasteiger partial charge is 0.243 e. The van der Waals surface area contributed by atoms with Gasteiger partial charge in [-0.3, -0.25) is 0 Å². The van der Waals surface area contributed by atoms with Crippen molar-refractivity contribution in [3.05, 3.63) is 65.2 Å². The van der Waals surface area contributed by atoms with Crippen LogP contribution in [-0.2, 0) is 15.4 Å². The van der Waals surface area contributed by atoms with E-state index in [0.717, 1.165) is 12.8 Å². The highest BCUT2D eigenvalue weighted by Crippen LogP contribution is 2.35. The molecule has 1 aliphatic heterocycles. The zero-order chi connectivity index (χ0) is 16.5. The van der Waals surface area contributed by atoms with Gasteiger partial charge in [0.25, 0.3) is 0 Å². The van der Waals surface area contributed by atoms with Crippen molar-refractivity contribution in [3.63, 3.8) is 0 Å². The average Bonchev–Trinajstić information content (AvgIpc) is 2.56. The molecule has 0 saturated carbocycles. The predicted molar refractivity (Wildman–Crippen MR) is 93.2 cm³/mol. The lowest BCUT2D eigenvalue weighted by atomic mass is 9.77. The number of sulfonamides is 1. The van der Waals surface area contributed by atoms with Crippen molar-refractivity contribution in [1.82, 2.24) is 4.31 Å². The van der Waals surface area contributed by atoms with E-state index in [4.69, 9.17) is 11.6 Å². The first-order valence-electron chi connectivity index (χ1n) is 7.73. The van der Waals surface area contributed by atoms with E-state index in [-0.39, 0.29) is 5.41 Å². The average molecular weight is 350 g/mol. The summed E-state index contributed by atoms with van der Waals surface area (Å²) in [6, 6.07) is 16.6. The molecule has 0 bridgehead atoms. The van der Waals surface area contributed by atoms with Gasteiger partial charge in [-0.2, -0.15) is 4.31 Å². The van der Waals surface area contributed by atoms with E-state index in [1.807, 2.05) is 18.2 Å². The number of hydrogen-bond acceptors (Lipinski definition) is 2. The number of halogens is 1. The predicted octanol–water partition coefficient (Wildman–Crippen LogP) is 4.08. The second-order valence-electron chi connectivity index (χ2n) is 6.32. The molecule has 0 aliphatic carbocycles. The van der Waals surface area contributed by atoms with Crippen LogP contribution in [0.2, 0.25) is 5.02 Å². The third-order valence-corrected chi connectivity index (χ3v) is 6.69. The van der Waals surface area contributed by atoms with Crippen molar-refractivity contribution < 1.29 is 8.42 Å². The molecule has 5 heteroatoms. The fraction of sp³-hybridized carbons (Fsp3) is 0.333. The van der Waals surface area contributed by atoms with Gasteiger partial charge in [0, 0.05) is 23.5 Å². The Morgan fingerprint density at radius 1 is 1.04 bits per heavy atom. The van der Waals surface area contributed by atoms with Crippen LogP contribution in [0.5, 0.6) is 0 Å². The molecule has 1 heterocycles. The van der Waals surface area contributed by atoms with Gasteiger partial charge in [-0.1, -0.05) is 48.9 Å². The molecule has 0 radical (unpaired) electrons. The summed E-state index contributed by atoms with van der Waals surface area (Å²) in [5, 5.41) is 0.539. The fourth-order valence-corrected chi connectivity index (χ4v) is 4.96. The monoisotopic (exact) mass is 349 g/mol. The van der Waals surface area contributed by atoms with Crippen molar-refractivity contribution in [2.45, 2.75) is 30.1 Å². The Kier molecular flexibility index (Phi) is 4.50. The molecular formula is C18H20ClNO2S. The molecule has 2 aromatic carbocycles. The Balaban J connectivity index is 1.90. The molecule has 1 fully saturated rings. The van der Waals surface area contributed by atoms with Crippen LogP contribution >= 0.6 is 11.6 Å². The van der Waals surface area contributed by atoms with Crippen LogP contribution in [0.1, 0.15) is 25.3 Å². The van der Waals surface area contributed by atoms with Crippen molar-refractivity contribution in [3.8, 4) is 0 Å². The summed E-state index contributed by atoms with van der Waals surface area (Å²) in [6.07, 6.45) is 1.85. The molecule has 0 spiro atoms. The molecule has 2 aromatic rings. The summed E-state index contributed by atoms with van der Waals surface area (Å²) < 4.78 is 27.4. The smallest absolute Gasteiger partial charge is 0.207 e. The molecule has 0 unspecified atom stereocenters. The van der Waals surface area contributed by atoms with E-state index in [1.54, 1.807) is 28.6 Å². The summed E-state index contributed by atoms with van der Waals surface area (Å²) in [5.41, 5.74) is 1.04. The second kappa shape index (κ2) is 6.27. The maximum Gasteiger partial charge on any atom is 0.243 e. The van der Waals surface area contributed by atoms with Crippen LogP contribution in [0.3, 0.4) is 0 Å². The van der Waals surface area contributed by atoms with Crippen molar-refractivity contribution in [2.75, 3.05) is 13.1 Å². The molecule has 1 saturated heterocycles. The molecule has 23 heavy (non-hydrogen) atoms. The summed E-state index contributed by atoms with van der Waals surface area (Å²) >= 11 is 5.86. The van der Waals surface area contributed by atoms with Gasteiger partial charge in [0.1, 0.15) is 0 Å². The maximum absolute atomic E-state index is 12.9. The summed E-state index contributed by atoms with van der Waals surface area (Å²) in [4.78, 5) is 0.305. The number of rotatable bonds is 3. The first-order valence-corrected chi connectivity index (χ1v) is 9.55. The van der Waals surface area contributed by atoms with E-state index >= 15 is 0 Å². The fourth-order valence-electron chi connectivity index (χ4n) is 3.23. The van der Waals surface area contributed by atoms with Crippen LogP contribution in [0, 0.1) is 0 Å². The molecule has 0 aromatic heterocycles. The normalized spacial score (nSPS) is 22.9. The molecule has 3 rings (SSSR count). The number of benzene rings is 2. The standard InChI is InChI=1S/C18H20ClNO2S/c1-18(15-6-3-2-4-7-15)12-5-13-20(14-18)23(21,22)17-10-8-16(19)9-11-17/h2-4,6-11H,5,12-14H2,1H3/t18-/m0/s1. The SMILES string of the molecule is C[C@]1(c2ccccc2)CCCN(S(=O)(=O)c2ccc(Cl)cc2)C1.